The Bertz CT molecular complexity index is 3590. The van der Waals surface area contributed by atoms with Gasteiger partial charge < -0.3 is 13.4 Å². The maximum absolute atomic E-state index is 6.97. The Hall–Kier alpha value is -8.14. The van der Waals surface area contributed by atoms with Crippen molar-refractivity contribution in [2.75, 3.05) is 0 Å². The lowest BCUT2D eigenvalue weighted by Gasteiger charge is -2.12. The van der Waals surface area contributed by atoms with Crippen LogP contribution in [0.3, 0.4) is 0 Å². The van der Waals surface area contributed by atoms with Gasteiger partial charge in [-0.15, -0.1) is 0 Å². The number of fused-ring (bicyclic) bond motifs is 5. The minimum Gasteiger partial charge on any atom is -0.455 e. The zero-order chi connectivity index (χ0) is 42.6. The zero-order valence-corrected chi connectivity index (χ0v) is 35.5. The molecule has 3 aromatic heterocycles. The first-order chi connectivity index (χ1) is 31.7. The first-order valence-electron chi connectivity index (χ1n) is 22.1. The number of nitrogens with zero attached hydrogens (tertiary/aromatic N) is 1. The van der Waals surface area contributed by atoms with Crippen LogP contribution in [0.15, 0.2) is 227 Å². The molecule has 304 valence electrons. The van der Waals surface area contributed by atoms with Crippen LogP contribution in [0.2, 0.25) is 0 Å². The molecule has 12 aromatic rings. The molecule has 3 nitrogen and oxygen atoms in total. The fourth-order valence-corrected chi connectivity index (χ4v) is 9.82. The molecular weight excluding hydrogens is 779 g/mol. The predicted molar refractivity (Wildman–Crippen MR) is 266 cm³/mol. The van der Waals surface area contributed by atoms with Crippen molar-refractivity contribution in [1.82, 2.24) is 4.57 Å². The number of aryl methyl sites for hydroxylation is 3. The first-order valence-corrected chi connectivity index (χ1v) is 22.1. The van der Waals surface area contributed by atoms with Crippen molar-refractivity contribution in [2.24, 2.45) is 0 Å². The molecule has 0 amide bonds. The summed E-state index contributed by atoms with van der Waals surface area (Å²) in [4.78, 5) is 0. The smallest absolute Gasteiger partial charge is 0.143 e. The summed E-state index contributed by atoms with van der Waals surface area (Å²) in [5.41, 5.74) is 18.1. The zero-order valence-electron chi connectivity index (χ0n) is 35.5. The molecule has 12 rings (SSSR count). The highest BCUT2D eigenvalue weighted by atomic mass is 16.3. The summed E-state index contributed by atoms with van der Waals surface area (Å²) in [7, 11) is 0. The highest BCUT2D eigenvalue weighted by Crippen LogP contribution is 2.47. The van der Waals surface area contributed by atoms with Gasteiger partial charge in [-0.3, -0.25) is 0 Å². The molecule has 0 atom stereocenters. The van der Waals surface area contributed by atoms with Gasteiger partial charge in [0, 0.05) is 49.5 Å². The van der Waals surface area contributed by atoms with Crippen molar-refractivity contribution in [3.63, 3.8) is 0 Å². The summed E-state index contributed by atoms with van der Waals surface area (Å²) in [5.74, 6) is 1.69. The minimum absolute atomic E-state index is 0.818. The number of hydrogen-bond donors (Lipinski definition) is 0. The van der Waals surface area contributed by atoms with Gasteiger partial charge in [-0.2, -0.15) is 0 Å². The lowest BCUT2D eigenvalue weighted by molar-refractivity contribution is 0.628. The van der Waals surface area contributed by atoms with E-state index in [9.17, 15) is 0 Å². The van der Waals surface area contributed by atoms with E-state index >= 15 is 0 Å². The summed E-state index contributed by atoms with van der Waals surface area (Å²) in [6.45, 7) is 2.19. The molecular formula is C61H43NO2. The molecule has 3 heterocycles. The first kappa shape index (κ1) is 37.6. The molecule has 9 aromatic carbocycles. The van der Waals surface area contributed by atoms with Crippen molar-refractivity contribution in [3.8, 4) is 61.7 Å². The van der Waals surface area contributed by atoms with Crippen LogP contribution in [0, 0.1) is 6.92 Å². The molecule has 0 bridgehead atoms. The Morgan fingerprint density at radius 1 is 0.375 bits per heavy atom. The average Bonchev–Trinajstić information content (AvgIpc) is 4.03. The van der Waals surface area contributed by atoms with E-state index in [1.165, 1.54) is 49.6 Å². The summed E-state index contributed by atoms with van der Waals surface area (Å²) >= 11 is 0. The van der Waals surface area contributed by atoms with Gasteiger partial charge in [0.2, 0.25) is 0 Å². The number of rotatable bonds is 9. The highest BCUT2D eigenvalue weighted by Gasteiger charge is 2.24. The summed E-state index contributed by atoms with van der Waals surface area (Å²) < 4.78 is 16.3. The molecule has 0 N–H and O–H groups in total. The van der Waals surface area contributed by atoms with Crippen molar-refractivity contribution < 1.29 is 8.83 Å². The molecule has 0 spiro atoms. The van der Waals surface area contributed by atoms with Crippen LogP contribution in [-0.4, -0.2) is 4.57 Å². The molecule has 0 fully saturated rings. The molecule has 0 aliphatic carbocycles. The van der Waals surface area contributed by atoms with Gasteiger partial charge >= 0.3 is 0 Å². The monoisotopic (exact) mass is 821 g/mol. The van der Waals surface area contributed by atoms with Crippen LogP contribution >= 0.6 is 0 Å². The quantitative estimate of drug-likeness (QED) is 0.145. The second-order valence-electron chi connectivity index (χ2n) is 16.8. The summed E-state index contributed by atoms with van der Waals surface area (Å²) in [6, 6.07) is 78.0. The number of benzene rings is 9. The van der Waals surface area contributed by atoms with E-state index in [-0.39, 0.29) is 0 Å². The largest absolute Gasteiger partial charge is 0.455 e. The second-order valence-corrected chi connectivity index (χ2v) is 16.8. The average molecular weight is 822 g/mol. The normalized spacial score (nSPS) is 11.6. The van der Waals surface area contributed by atoms with Crippen molar-refractivity contribution in [2.45, 2.75) is 19.8 Å². The van der Waals surface area contributed by atoms with Gasteiger partial charge in [-0.25, -0.2) is 0 Å². The Morgan fingerprint density at radius 2 is 0.844 bits per heavy atom. The van der Waals surface area contributed by atoms with Gasteiger partial charge in [0.05, 0.1) is 11.0 Å². The lowest BCUT2D eigenvalue weighted by atomic mass is 9.92. The van der Waals surface area contributed by atoms with Crippen LogP contribution in [-0.2, 0) is 12.8 Å². The summed E-state index contributed by atoms with van der Waals surface area (Å²) in [6.07, 6.45) is 1.90. The Balaban J connectivity index is 0.956. The van der Waals surface area contributed by atoms with Gasteiger partial charge in [0.15, 0.2) is 0 Å². The predicted octanol–water partition coefficient (Wildman–Crippen LogP) is 16.7. The Morgan fingerprint density at radius 3 is 1.41 bits per heavy atom. The third-order valence-corrected chi connectivity index (χ3v) is 12.9. The third kappa shape index (κ3) is 6.44. The van der Waals surface area contributed by atoms with Crippen LogP contribution < -0.4 is 0 Å². The van der Waals surface area contributed by atoms with Crippen molar-refractivity contribution in [1.29, 1.82) is 0 Å². The molecule has 3 heteroatoms. The maximum atomic E-state index is 6.97. The van der Waals surface area contributed by atoms with Crippen molar-refractivity contribution in [3.05, 3.63) is 235 Å². The molecule has 0 unspecified atom stereocenters. The topological polar surface area (TPSA) is 31.2 Å². The molecule has 64 heavy (non-hydrogen) atoms. The number of para-hydroxylation sites is 2. The molecule has 0 radical (unpaired) electrons. The van der Waals surface area contributed by atoms with E-state index < -0.39 is 0 Å². The number of aromatic nitrogens is 1. The van der Waals surface area contributed by atoms with Crippen LogP contribution in [0.25, 0.3) is 105 Å². The van der Waals surface area contributed by atoms with E-state index in [0.29, 0.717) is 0 Å². The van der Waals surface area contributed by atoms with Gasteiger partial charge in [-0.05, 0) is 95.1 Å². The van der Waals surface area contributed by atoms with Gasteiger partial charge in [-0.1, -0.05) is 182 Å². The van der Waals surface area contributed by atoms with Gasteiger partial charge in [0.1, 0.15) is 22.7 Å². The van der Waals surface area contributed by atoms with E-state index in [1.54, 1.807) is 0 Å². The number of hydrogen-bond acceptors (Lipinski definition) is 2. The van der Waals surface area contributed by atoms with E-state index in [0.717, 1.165) is 85.4 Å². The van der Waals surface area contributed by atoms with Crippen LogP contribution in [0.4, 0.5) is 0 Å². The SMILES string of the molecule is Cc1ccccc1-c1ccccc1CCc1ccc(-c2c(-c3ccccc3)oc3cc4c(-c5ccc(-n6c7ccccc7c7ccccc76)cc5)c(-c5ccccc5)oc4cc23)cc1. The highest BCUT2D eigenvalue weighted by molar-refractivity contribution is 6.12. The van der Waals surface area contributed by atoms with E-state index in [4.69, 9.17) is 8.83 Å². The Labute approximate surface area is 372 Å². The Kier molecular flexibility index (Phi) is 9.19. The lowest BCUT2D eigenvalue weighted by Crippen LogP contribution is -1.95. The molecule has 0 aliphatic rings. The maximum Gasteiger partial charge on any atom is 0.143 e. The third-order valence-electron chi connectivity index (χ3n) is 12.9. The molecule has 0 saturated heterocycles. The van der Waals surface area contributed by atoms with Crippen molar-refractivity contribution >= 4 is 43.7 Å². The minimum atomic E-state index is 0.818. The van der Waals surface area contributed by atoms with Crippen LogP contribution in [0.1, 0.15) is 16.7 Å². The fraction of sp³-hybridized carbons (Fsp3) is 0.0492. The van der Waals surface area contributed by atoms with Gasteiger partial charge in [0.25, 0.3) is 0 Å². The molecule has 0 aliphatic heterocycles. The second kappa shape index (κ2) is 15.6. The standard InChI is InChI=1S/C61H43NO2/c1-40-16-8-10-22-48(40)49-23-11-9-17-42(49)31-28-41-29-32-43(33-30-41)58-52-38-57-53(39-56(52)63-60(58)45-18-4-2-5-19-45)59(61(64-57)46-20-6-3-7-21-46)44-34-36-47(37-35-44)62-54-26-14-12-24-50(54)51-25-13-15-27-55(51)62/h2-27,29-30,32-39H,28,31H2,1H3. The molecule has 0 saturated carbocycles. The number of furan rings is 2. The van der Waals surface area contributed by atoms with E-state index in [1.807, 2.05) is 6.07 Å². The van der Waals surface area contributed by atoms with E-state index in [2.05, 4.69) is 224 Å². The fourth-order valence-electron chi connectivity index (χ4n) is 9.82. The summed E-state index contributed by atoms with van der Waals surface area (Å²) in [5, 5.41) is 4.53. The van der Waals surface area contributed by atoms with Crippen LogP contribution in [0.5, 0.6) is 0 Å².